The van der Waals surface area contributed by atoms with Crippen LogP contribution in [0, 0.1) is 6.92 Å². The second kappa shape index (κ2) is 7.42. The lowest BCUT2D eigenvalue weighted by atomic mass is 9.84. The molecule has 0 radical (unpaired) electrons. The van der Waals surface area contributed by atoms with E-state index in [9.17, 15) is 9.59 Å². The molecule has 0 saturated carbocycles. The molecule has 134 valence electrons. The van der Waals surface area contributed by atoms with E-state index in [0.29, 0.717) is 17.7 Å². The van der Waals surface area contributed by atoms with Crippen molar-refractivity contribution in [2.45, 2.75) is 32.6 Å². The third kappa shape index (κ3) is 4.41. The van der Waals surface area contributed by atoms with Gasteiger partial charge in [-0.05, 0) is 24.6 Å². The molecular formula is C19H23NO5. The number of nitrogens with one attached hydrogen (secondary N) is 1. The minimum atomic E-state index is -1.04. The van der Waals surface area contributed by atoms with E-state index in [4.69, 9.17) is 14.3 Å². The number of carbonyl (C=O) groups excluding carboxylic acids is 1. The van der Waals surface area contributed by atoms with Crippen molar-refractivity contribution >= 4 is 11.9 Å². The summed E-state index contributed by atoms with van der Waals surface area (Å²) in [7, 11) is 1.61. The van der Waals surface area contributed by atoms with Crippen LogP contribution >= 0.6 is 0 Å². The van der Waals surface area contributed by atoms with Gasteiger partial charge in [-0.2, -0.15) is 0 Å². The molecule has 6 heteroatoms. The van der Waals surface area contributed by atoms with Gasteiger partial charge in [0.2, 0.25) is 0 Å². The number of carboxylic acids is 1. The second-order valence-corrected chi connectivity index (χ2v) is 6.58. The quantitative estimate of drug-likeness (QED) is 0.805. The lowest BCUT2D eigenvalue weighted by Crippen LogP contribution is -2.37. The summed E-state index contributed by atoms with van der Waals surface area (Å²) in [6.45, 7) is 6.17. The molecule has 0 aliphatic rings. The van der Waals surface area contributed by atoms with E-state index in [2.05, 4.69) is 5.32 Å². The highest BCUT2D eigenvalue weighted by molar-refractivity contribution is 5.97. The lowest BCUT2D eigenvalue weighted by molar-refractivity contribution is -0.136. The zero-order valence-electron chi connectivity index (χ0n) is 14.9. The van der Waals surface area contributed by atoms with Crippen molar-refractivity contribution < 1.29 is 23.8 Å². The highest BCUT2D eigenvalue weighted by Crippen LogP contribution is 2.25. The third-order valence-corrected chi connectivity index (χ3v) is 4.15. The maximum Gasteiger partial charge on any atom is 0.311 e. The summed E-state index contributed by atoms with van der Waals surface area (Å²) >= 11 is 0. The first-order chi connectivity index (χ1) is 11.7. The zero-order valence-corrected chi connectivity index (χ0v) is 14.9. The summed E-state index contributed by atoms with van der Waals surface area (Å²) in [5.74, 6) is -0.424. The van der Waals surface area contributed by atoms with Crippen LogP contribution in [-0.2, 0) is 16.6 Å². The fraction of sp³-hybridized carbons (Fsp3) is 0.368. The average Bonchev–Trinajstić information content (AvgIpc) is 2.92. The van der Waals surface area contributed by atoms with Gasteiger partial charge in [0, 0.05) is 17.5 Å². The van der Waals surface area contributed by atoms with Crippen molar-refractivity contribution in [1.82, 2.24) is 5.32 Å². The minimum absolute atomic E-state index is 0.171. The molecule has 2 N–H and O–H groups in total. The summed E-state index contributed by atoms with van der Waals surface area (Å²) in [5.41, 5.74) is 1.68. The van der Waals surface area contributed by atoms with Crippen molar-refractivity contribution in [1.29, 1.82) is 0 Å². The molecule has 0 aliphatic heterocycles. The number of carbonyl (C=O) groups is 2. The van der Waals surface area contributed by atoms with Gasteiger partial charge < -0.3 is 19.6 Å². The molecule has 0 saturated heterocycles. The Kier molecular flexibility index (Phi) is 5.51. The van der Waals surface area contributed by atoms with Gasteiger partial charge in [0.05, 0.1) is 18.9 Å². The Morgan fingerprint density at radius 2 is 1.88 bits per heavy atom. The number of carboxylic acid groups (broad SMARTS) is 1. The molecule has 2 rings (SSSR count). The van der Waals surface area contributed by atoms with E-state index in [0.717, 1.165) is 11.3 Å². The molecule has 1 aromatic carbocycles. The summed E-state index contributed by atoms with van der Waals surface area (Å²) in [4.78, 5) is 23.4. The van der Waals surface area contributed by atoms with E-state index in [1.54, 1.807) is 14.0 Å². The smallest absolute Gasteiger partial charge is 0.311 e. The number of methoxy groups -OCH3 is 1. The lowest BCUT2D eigenvalue weighted by Gasteiger charge is -2.26. The summed E-state index contributed by atoms with van der Waals surface area (Å²) < 4.78 is 10.4. The van der Waals surface area contributed by atoms with Crippen LogP contribution < -0.4 is 10.1 Å². The van der Waals surface area contributed by atoms with Crippen LogP contribution in [0.5, 0.6) is 5.75 Å². The molecule has 1 aromatic heterocycles. The standard InChI is InChI=1S/C19H23NO5/c1-12-10-25-15(9-16(21)22)17(12)18(23)20-11-19(2,3)13-5-7-14(24-4)8-6-13/h5-8,10H,9,11H2,1-4H3,(H,20,23)(H,21,22). The molecule has 0 atom stereocenters. The fourth-order valence-corrected chi connectivity index (χ4v) is 2.60. The van der Waals surface area contributed by atoms with E-state index in [1.165, 1.54) is 6.26 Å². The van der Waals surface area contributed by atoms with E-state index >= 15 is 0 Å². The molecular weight excluding hydrogens is 322 g/mol. The Morgan fingerprint density at radius 3 is 2.44 bits per heavy atom. The van der Waals surface area contributed by atoms with Gasteiger partial charge in [0.1, 0.15) is 17.9 Å². The first-order valence-electron chi connectivity index (χ1n) is 7.96. The fourth-order valence-electron chi connectivity index (χ4n) is 2.60. The molecule has 2 aromatic rings. The maximum atomic E-state index is 12.5. The Balaban J connectivity index is 2.10. The molecule has 25 heavy (non-hydrogen) atoms. The highest BCUT2D eigenvalue weighted by Gasteiger charge is 2.25. The number of amides is 1. The number of aliphatic carboxylic acids is 1. The van der Waals surface area contributed by atoms with Crippen LogP contribution in [0.15, 0.2) is 34.9 Å². The van der Waals surface area contributed by atoms with Gasteiger partial charge in [-0.25, -0.2) is 0 Å². The molecule has 6 nitrogen and oxygen atoms in total. The Morgan fingerprint density at radius 1 is 1.24 bits per heavy atom. The number of hydrogen-bond acceptors (Lipinski definition) is 4. The van der Waals surface area contributed by atoms with Gasteiger partial charge in [-0.3, -0.25) is 9.59 Å². The number of hydrogen-bond donors (Lipinski definition) is 2. The predicted octanol–water partition coefficient (Wildman–Crippen LogP) is 2.93. The normalized spacial score (nSPS) is 11.2. The van der Waals surface area contributed by atoms with Crippen molar-refractivity contribution in [2.75, 3.05) is 13.7 Å². The van der Waals surface area contributed by atoms with Crippen LogP contribution in [-0.4, -0.2) is 30.6 Å². The number of rotatable bonds is 7. The van der Waals surface area contributed by atoms with Crippen molar-refractivity contribution in [3.8, 4) is 5.75 Å². The molecule has 0 aliphatic carbocycles. The molecule has 1 amide bonds. The number of furan rings is 1. The summed E-state index contributed by atoms with van der Waals surface area (Å²) in [6.07, 6.45) is 1.08. The average molecular weight is 345 g/mol. The monoisotopic (exact) mass is 345 g/mol. The maximum absolute atomic E-state index is 12.5. The second-order valence-electron chi connectivity index (χ2n) is 6.58. The van der Waals surface area contributed by atoms with Crippen LogP contribution in [0.4, 0.5) is 0 Å². The first-order valence-corrected chi connectivity index (χ1v) is 7.96. The third-order valence-electron chi connectivity index (χ3n) is 4.15. The minimum Gasteiger partial charge on any atom is -0.497 e. The Hall–Kier alpha value is -2.76. The summed E-state index contributed by atoms with van der Waals surface area (Å²) in [6, 6.07) is 7.68. The number of ether oxygens (including phenoxy) is 1. The molecule has 0 spiro atoms. The predicted molar refractivity (Wildman–Crippen MR) is 93.1 cm³/mol. The van der Waals surface area contributed by atoms with Crippen molar-refractivity contribution in [2.24, 2.45) is 0 Å². The number of benzene rings is 1. The largest absolute Gasteiger partial charge is 0.497 e. The van der Waals surface area contributed by atoms with Crippen LogP contribution in [0.25, 0.3) is 0 Å². The molecule has 0 fully saturated rings. The van der Waals surface area contributed by atoms with Gasteiger partial charge >= 0.3 is 5.97 Å². The zero-order chi connectivity index (χ0) is 18.6. The summed E-state index contributed by atoms with van der Waals surface area (Å²) in [5, 5.41) is 11.8. The van der Waals surface area contributed by atoms with Gasteiger partial charge in [0.25, 0.3) is 5.91 Å². The van der Waals surface area contributed by atoms with Gasteiger partial charge in [-0.15, -0.1) is 0 Å². The van der Waals surface area contributed by atoms with E-state index in [-0.39, 0.29) is 23.5 Å². The molecule has 0 bridgehead atoms. The Bertz CT molecular complexity index is 759. The Labute approximate surface area is 146 Å². The first kappa shape index (κ1) is 18.6. The number of aryl methyl sites for hydroxylation is 1. The molecule has 1 heterocycles. The van der Waals surface area contributed by atoms with Gasteiger partial charge in [0.15, 0.2) is 0 Å². The van der Waals surface area contributed by atoms with Crippen LogP contribution in [0.3, 0.4) is 0 Å². The highest BCUT2D eigenvalue weighted by atomic mass is 16.5. The van der Waals surface area contributed by atoms with E-state index < -0.39 is 5.97 Å². The van der Waals surface area contributed by atoms with Crippen LogP contribution in [0.1, 0.15) is 41.1 Å². The molecule has 0 unspecified atom stereocenters. The van der Waals surface area contributed by atoms with Crippen molar-refractivity contribution in [3.63, 3.8) is 0 Å². The van der Waals surface area contributed by atoms with E-state index in [1.807, 2.05) is 38.1 Å². The van der Waals surface area contributed by atoms with Crippen LogP contribution in [0.2, 0.25) is 0 Å². The SMILES string of the molecule is COc1ccc(C(C)(C)CNC(=O)c2c(C)coc2CC(=O)O)cc1. The van der Waals surface area contributed by atoms with Crippen molar-refractivity contribution in [3.05, 3.63) is 53.0 Å². The topological polar surface area (TPSA) is 88.8 Å². The van der Waals surface area contributed by atoms with Gasteiger partial charge in [-0.1, -0.05) is 26.0 Å².